The normalized spacial score (nSPS) is 16.7. The lowest BCUT2D eigenvalue weighted by Crippen LogP contribution is -2.47. The number of amides is 1. The Morgan fingerprint density at radius 3 is 2.50 bits per heavy atom. The molecule has 0 saturated carbocycles. The Bertz CT molecular complexity index is 534. The zero-order chi connectivity index (χ0) is 16.7. The molecule has 0 aliphatic carbocycles. The summed E-state index contributed by atoms with van der Waals surface area (Å²) in [7, 11) is 4.78. The number of benzene rings is 1. The summed E-state index contributed by atoms with van der Waals surface area (Å²) in [4.78, 5) is 12.1. The van der Waals surface area contributed by atoms with Crippen LogP contribution in [-0.4, -0.2) is 46.4 Å². The first-order chi connectivity index (χ1) is 11.2. The number of hydrogen-bond donors (Lipinski definition) is 2. The maximum absolute atomic E-state index is 12.1. The van der Waals surface area contributed by atoms with E-state index >= 15 is 0 Å². The smallest absolute Gasteiger partial charge is 0.237 e. The van der Waals surface area contributed by atoms with Gasteiger partial charge in [0.05, 0.1) is 27.4 Å². The van der Waals surface area contributed by atoms with E-state index in [0.29, 0.717) is 30.2 Å². The molecule has 0 radical (unpaired) electrons. The number of methoxy groups -OCH3 is 3. The van der Waals surface area contributed by atoms with Crippen LogP contribution >= 0.6 is 12.4 Å². The van der Waals surface area contributed by atoms with Crippen molar-refractivity contribution in [1.82, 2.24) is 10.6 Å². The lowest BCUT2D eigenvalue weighted by Gasteiger charge is -2.22. The van der Waals surface area contributed by atoms with Crippen LogP contribution < -0.4 is 24.8 Å². The second-order valence-electron chi connectivity index (χ2n) is 5.54. The molecule has 1 aliphatic rings. The minimum absolute atomic E-state index is 0. The van der Waals surface area contributed by atoms with Crippen LogP contribution in [0.15, 0.2) is 12.1 Å². The van der Waals surface area contributed by atoms with Gasteiger partial charge in [0.1, 0.15) is 0 Å². The molecule has 2 rings (SSSR count). The fraction of sp³-hybridized carbons (Fsp3) is 0.588. The van der Waals surface area contributed by atoms with E-state index in [1.165, 1.54) is 0 Å². The summed E-state index contributed by atoms with van der Waals surface area (Å²) in [5, 5.41) is 6.24. The van der Waals surface area contributed by atoms with Crippen LogP contribution in [0.2, 0.25) is 0 Å². The van der Waals surface area contributed by atoms with Gasteiger partial charge in [-0.05, 0) is 31.9 Å². The minimum atomic E-state index is -0.0592. The van der Waals surface area contributed by atoms with Gasteiger partial charge in [0, 0.05) is 12.1 Å². The summed E-state index contributed by atoms with van der Waals surface area (Å²) in [6.45, 7) is 1.48. The lowest BCUT2D eigenvalue weighted by atomic mass is 10.0. The summed E-state index contributed by atoms with van der Waals surface area (Å²) < 4.78 is 16.1. The van der Waals surface area contributed by atoms with E-state index in [1.54, 1.807) is 21.3 Å². The van der Waals surface area contributed by atoms with Gasteiger partial charge in [-0.3, -0.25) is 4.79 Å². The molecule has 1 aromatic rings. The molecule has 1 saturated heterocycles. The maximum Gasteiger partial charge on any atom is 0.237 e. The van der Waals surface area contributed by atoms with Crippen molar-refractivity contribution in [3.63, 3.8) is 0 Å². The number of carbonyl (C=O) groups is 1. The van der Waals surface area contributed by atoms with E-state index in [9.17, 15) is 4.79 Å². The second kappa shape index (κ2) is 10.3. The average Bonchev–Trinajstić information content (AvgIpc) is 2.61. The van der Waals surface area contributed by atoms with Crippen LogP contribution in [-0.2, 0) is 11.2 Å². The SMILES string of the molecule is COc1ccc(CCNC(=O)C2CCCCN2)c(OC)c1OC.Cl. The van der Waals surface area contributed by atoms with Gasteiger partial charge in [-0.25, -0.2) is 0 Å². The van der Waals surface area contributed by atoms with Crippen LogP contribution in [0.3, 0.4) is 0 Å². The lowest BCUT2D eigenvalue weighted by molar-refractivity contribution is -0.123. The van der Waals surface area contributed by atoms with Crippen molar-refractivity contribution >= 4 is 18.3 Å². The van der Waals surface area contributed by atoms with Crippen LogP contribution in [0.5, 0.6) is 17.2 Å². The van der Waals surface area contributed by atoms with Crippen LogP contribution in [0, 0.1) is 0 Å². The number of halogens is 1. The zero-order valence-corrected chi connectivity index (χ0v) is 15.3. The number of carbonyl (C=O) groups excluding carboxylic acids is 1. The largest absolute Gasteiger partial charge is 0.493 e. The molecule has 2 N–H and O–H groups in total. The van der Waals surface area contributed by atoms with Crippen molar-refractivity contribution in [2.24, 2.45) is 0 Å². The Kier molecular flexibility index (Phi) is 8.71. The number of rotatable bonds is 7. The molecule has 1 atom stereocenters. The van der Waals surface area contributed by atoms with Crippen molar-refractivity contribution in [3.8, 4) is 17.2 Å². The van der Waals surface area contributed by atoms with Gasteiger partial charge in [0.25, 0.3) is 0 Å². The van der Waals surface area contributed by atoms with Gasteiger partial charge in [-0.15, -0.1) is 12.4 Å². The summed E-state index contributed by atoms with van der Waals surface area (Å²) in [6.07, 6.45) is 3.83. The third kappa shape index (κ3) is 4.92. The first-order valence-corrected chi connectivity index (χ1v) is 8.00. The van der Waals surface area contributed by atoms with E-state index in [-0.39, 0.29) is 24.4 Å². The van der Waals surface area contributed by atoms with Crippen molar-refractivity contribution in [2.45, 2.75) is 31.7 Å². The third-order valence-corrected chi connectivity index (χ3v) is 4.11. The van der Waals surface area contributed by atoms with Gasteiger partial charge in [-0.2, -0.15) is 0 Å². The van der Waals surface area contributed by atoms with Crippen molar-refractivity contribution in [3.05, 3.63) is 17.7 Å². The summed E-state index contributed by atoms with van der Waals surface area (Å²) in [6, 6.07) is 3.72. The molecule has 1 amide bonds. The van der Waals surface area contributed by atoms with Crippen LogP contribution in [0.25, 0.3) is 0 Å². The van der Waals surface area contributed by atoms with E-state index in [4.69, 9.17) is 14.2 Å². The molecule has 24 heavy (non-hydrogen) atoms. The molecule has 0 spiro atoms. The van der Waals surface area contributed by atoms with Gasteiger partial charge < -0.3 is 24.8 Å². The standard InChI is InChI=1S/C17H26N2O4.ClH/c1-21-14-8-7-12(15(22-2)16(14)23-3)9-11-19-17(20)13-6-4-5-10-18-13;/h7-8,13,18H,4-6,9-11H2,1-3H3,(H,19,20);1H. The van der Waals surface area contributed by atoms with Crippen LogP contribution in [0.1, 0.15) is 24.8 Å². The van der Waals surface area contributed by atoms with Crippen LogP contribution in [0.4, 0.5) is 0 Å². The maximum atomic E-state index is 12.1. The van der Waals surface area contributed by atoms with Crippen molar-refractivity contribution < 1.29 is 19.0 Å². The van der Waals surface area contributed by atoms with E-state index < -0.39 is 0 Å². The summed E-state index contributed by atoms with van der Waals surface area (Å²) in [5.41, 5.74) is 0.974. The molecule has 136 valence electrons. The Balaban J connectivity index is 0.00000288. The van der Waals surface area contributed by atoms with E-state index in [2.05, 4.69) is 10.6 Å². The fourth-order valence-electron chi connectivity index (χ4n) is 2.88. The summed E-state index contributed by atoms with van der Waals surface area (Å²) >= 11 is 0. The molecule has 0 bridgehead atoms. The highest BCUT2D eigenvalue weighted by Crippen LogP contribution is 2.39. The Labute approximate surface area is 149 Å². The Hall–Kier alpha value is -1.66. The van der Waals surface area contributed by atoms with Gasteiger partial charge in [0.2, 0.25) is 11.7 Å². The molecule has 6 nitrogen and oxygen atoms in total. The third-order valence-electron chi connectivity index (χ3n) is 4.11. The molecule has 0 aromatic heterocycles. The molecule has 1 aliphatic heterocycles. The monoisotopic (exact) mass is 358 g/mol. The molecule has 1 unspecified atom stereocenters. The predicted molar refractivity (Wildman–Crippen MR) is 95.7 cm³/mol. The number of piperidine rings is 1. The molecule has 7 heteroatoms. The van der Waals surface area contributed by atoms with Gasteiger partial charge in [-0.1, -0.05) is 12.5 Å². The molecule has 1 heterocycles. The first-order valence-electron chi connectivity index (χ1n) is 8.00. The molecular weight excluding hydrogens is 332 g/mol. The van der Waals surface area contributed by atoms with Crippen molar-refractivity contribution in [2.75, 3.05) is 34.4 Å². The number of nitrogens with one attached hydrogen (secondary N) is 2. The van der Waals surface area contributed by atoms with E-state index in [0.717, 1.165) is 31.4 Å². The predicted octanol–water partition coefficient (Wildman–Crippen LogP) is 1.94. The number of ether oxygens (including phenoxy) is 3. The topological polar surface area (TPSA) is 68.8 Å². The quantitative estimate of drug-likeness (QED) is 0.779. The number of hydrogen-bond acceptors (Lipinski definition) is 5. The molecular formula is C17H27ClN2O4. The van der Waals surface area contributed by atoms with E-state index in [1.807, 2.05) is 12.1 Å². The minimum Gasteiger partial charge on any atom is -0.493 e. The highest BCUT2D eigenvalue weighted by Gasteiger charge is 2.20. The molecule has 1 aromatic carbocycles. The second-order valence-corrected chi connectivity index (χ2v) is 5.54. The first kappa shape index (κ1) is 20.4. The molecule has 1 fully saturated rings. The zero-order valence-electron chi connectivity index (χ0n) is 14.5. The van der Waals surface area contributed by atoms with Crippen molar-refractivity contribution in [1.29, 1.82) is 0 Å². The van der Waals surface area contributed by atoms with Gasteiger partial charge >= 0.3 is 0 Å². The average molecular weight is 359 g/mol. The Morgan fingerprint density at radius 2 is 1.92 bits per heavy atom. The summed E-state index contributed by atoms with van der Waals surface area (Å²) in [5.74, 6) is 1.93. The van der Waals surface area contributed by atoms with Gasteiger partial charge in [0.15, 0.2) is 11.5 Å². The highest BCUT2D eigenvalue weighted by molar-refractivity contribution is 5.85. The highest BCUT2D eigenvalue weighted by atomic mass is 35.5. The Morgan fingerprint density at radius 1 is 1.17 bits per heavy atom. The fourth-order valence-corrected chi connectivity index (χ4v) is 2.88.